The van der Waals surface area contributed by atoms with Gasteiger partial charge in [-0.1, -0.05) is 13.0 Å². The van der Waals surface area contributed by atoms with Crippen LogP contribution >= 0.6 is 0 Å². The number of ether oxygens (including phenoxy) is 1. The van der Waals surface area contributed by atoms with Gasteiger partial charge in [-0.05, 0) is 48.4 Å². The van der Waals surface area contributed by atoms with Gasteiger partial charge in [0.25, 0.3) is 0 Å². The zero-order chi connectivity index (χ0) is 21.1. The zero-order valence-corrected chi connectivity index (χ0v) is 17.6. The van der Waals surface area contributed by atoms with Crippen LogP contribution in [-0.4, -0.2) is 44.9 Å². The number of nitrogens with zero attached hydrogens (tertiary/aromatic N) is 1. The zero-order valence-electron chi connectivity index (χ0n) is 16.8. The number of carbonyl (C=O) groups is 1. The van der Waals surface area contributed by atoms with E-state index in [0.717, 1.165) is 23.0 Å². The molecule has 2 aromatic carbocycles. The van der Waals surface area contributed by atoms with Crippen LogP contribution in [0.25, 0.3) is 11.0 Å². The van der Waals surface area contributed by atoms with Crippen LogP contribution in [0.3, 0.4) is 0 Å². The molecular formula is C22H24N2O5S. The van der Waals surface area contributed by atoms with E-state index >= 15 is 0 Å². The number of amides is 1. The van der Waals surface area contributed by atoms with Gasteiger partial charge in [0.05, 0.1) is 30.8 Å². The van der Waals surface area contributed by atoms with E-state index in [2.05, 4.69) is 12.2 Å². The maximum Gasteiger partial charge on any atom is 0.243 e. The van der Waals surface area contributed by atoms with Gasteiger partial charge in [0.1, 0.15) is 5.58 Å². The van der Waals surface area contributed by atoms with Crippen molar-refractivity contribution in [1.29, 1.82) is 0 Å². The minimum Gasteiger partial charge on any atom is -0.464 e. The van der Waals surface area contributed by atoms with E-state index in [-0.39, 0.29) is 17.2 Å². The number of fused-ring (bicyclic) bond motifs is 1. The molecule has 1 aliphatic heterocycles. The summed E-state index contributed by atoms with van der Waals surface area (Å²) in [6.07, 6.45) is 2.70. The average molecular weight is 429 g/mol. The van der Waals surface area contributed by atoms with Gasteiger partial charge in [-0.3, -0.25) is 4.79 Å². The Morgan fingerprint density at radius 3 is 2.53 bits per heavy atom. The lowest BCUT2D eigenvalue weighted by atomic mass is 10.1. The second kappa shape index (κ2) is 8.59. The number of hydrogen-bond donors (Lipinski definition) is 1. The van der Waals surface area contributed by atoms with Crippen molar-refractivity contribution < 1.29 is 22.4 Å². The van der Waals surface area contributed by atoms with Crippen LogP contribution in [0.1, 0.15) is 18.1 Å². The summed E-state index contributed by atoms with van der Waals surface area (Å²) in [7, 11) is -3.55. The minimum atomic E-state index is -3.55. The number of benzene rings is 2. The molecule has 0 radical (unpaired) electrons. The first-order chi connectivity index (χ1) is 14.5. The first kappa shape index (κ1) is 20.6. The topological polar surface area (TPSA) is 88.8 Å². The molecule has 0 spiro atoms. The lowest BCUT2D eigenvalue weighted by molar-refractivity contribution is -0.115. The Kier molecular flexibility index (Phi) is 5.90. The fourth-order valence-electron chi connectivity index (χ4n) is 3.51. The molecule has 7 nitrogen and oxygen atoms in total. The molecular weight excluding hydrogens is 404 g/mol. The molecule has 30 heavy (non-hydrogen) atoms. The Balaban J connectivity index is 1.44. The summed E-state index contributed by atoms with van der Waals surface area (Å²) in [5.74, 6) is -0.191. The van der Waals surface area contributed by atoms with Crippen molar-refractivity contribution >= 4 is 32.6 Å². The number of morpholine rings is 1. The Hall–Kier alpha value is -2.68. The maximum absolute atomic E-state index is 12.7. The molecule has 0 bridgehead atoms. The van der Waals surface area contributed by atoms with Crippen LogP contribution in [0.5, 0.6) is 0 Å². The van der Waals surface area contributed by atoms with Crippen LogP contribution < -0.4 is 5.32 Å². The second-order valence-corrected chi connectivity index (χ2v) is 9.15. The van der Waals surface area contributed by atoms with Gasteiger partial charge < -0.3 is 14.5 Å². The monoisotopic (exact) mass is 428 g/mol. The Bertz CT molecular complexity index is 1150. The van der Waals surface area contributed by atoms with Crippen molar-refractivity contribution in [2.24, 2.45) is 0 Å². The first-order valence-electron chi connectivity index (χ1n) is 9.94. The maximum atomic E-state index is 12.7. The molecule has 4 rings (SSSR count). The quantitative estimate of drug-likeness (QED) is 0.651. The summed E-state index contributed by atoms with van der Waals surface area (Å²) in [6, 6.07) is 12.2. The highest BCUT2D eigenvalue weighted by molar-refractivity contribution is 7.89. The van der Waals surface area contributed by atoms with Crippen LogP contribution in [0.15, 0.2) is 58.0 Å². The summed E-state index contributed by atoms with van der Waals surface area (Å²) in [5.41, 5.74) is 3.31. The van der Waals surface area contributed by atoms with E-state index in [4.69, 9.17) is 9.15 Å². The fourth-order valence-corrected chi connectivity index (χ4v) is 4.92. The van der Waals surface area contributed by atoms with Crippen molar-refractivity contribution in [2.45, 2.75) is 24.7 Å². The summed E-state index contributed by atoms with van der Waals surface area (Å²) >= 11 is 0. The molecule has 1 saturated heterocycles. The number of carbonyl (C=O) groups excluding carboxylic acids is 1. The van der Waals surface area contributed by atoms with E-state index in [1.165, 1.54) is 22.0 Å². The molecule has 0 saturated carbocycles. The highest BCUT2D eigenvalue weighted by Crippen LogP contribution is 2.24. The lowest BCUT2D eigenvalue weighted by Crippen LogP contribution is -2.40. The average Bonchev–Trinajstić information content (AvgIpc) is 3.16. The highest BCUT2D eigenvalue weighted by Gasteiger charge is 2.26. The van der Waals surface area contributed by atoms with Crippen molar-refractivity contribution in [3.05, 3.63) is 59.9 Å². The Morgan fingerprint density at radius 1 is 1.10 bits per heavy atom. The van der Waals surface area contributed by atoms with E-state index in [0.29, 0.717) is 32.0 Å². The number of anilines is 1. The molecule has 3 aromatic rings. The van der Waals surface area contributed by atoms with E-state index in [1.54, 1.807) is 18.4 Å². The lowest BCUT2D eigenvalue weighted by Gasteiger charge is -2.26. The van der Waals surface area contributed by atoms with Gasteiger partial charge in [0, 0.05) is 29.7 Å². The predicted octanol–water partition coefficient (Wildman–Crippen LogP) is 3.20. The van der Waals surface area contributed by atoms with Crippen molar-refractivity contribution in [3.8, 4) is 0 Å². The third kappa shape index (κ3) is 4.26. The molecule has 0 atom stereocenters. The van der Waals surface area contributed by atoms with Gasteiger partial charge >= 0.3 is 0 Å². The number of sulfonamides is 1. The molecule has 1 fully saturated rings. The van der Waals surface area contributed by atoms with Gasteiger partial charge in [0.2, 0.25) is 15.9 Å². The van der Waals surface area contributed by atoms with Crippen molar-refractivity contribution in [3.63, 3.8) is 0 Å². The van der Waals surface area contributed by atoms with E-state index in [1.807, 2.05) is 18.2 Å². The molecule has 1 amide bonds. The Morgan fingerprint density at radius 2 is 1.83 bits per heavy atom. The van der Waals surface area contributed by atoms with Gasteiger partial charge in [-0.25, -0.2) is 8.42 Å². The largest absolute Gasteiger partial charge is 0.464 e. The number of aryl methyl sites for hydroxylation is 1. The number of rotatable bonds is 6. The van der Waals surface area contributed by atoms with Crippen molar-refractivity contribution in [2.75, 3.05) is 31.6 Å². The Labute approximate surface area is 175 Å². The molecule has 1 N–H and O–H groups in total. The molecule has 0 unspecified atom stereocenters. The SMILES string of the molecule is CCc1ccc2occ(CC(=O)Nc3ccc(S(=O)(=O)N4CCOCC4)cc3)c2c1. The molecule has 8 heteroatoms. The standard InChI is InChI=1S/C22H24N2O5S/c1-2-16-3-8-21-20(13-16)17(15-29-21)14-22(25)23-18-4-6-19(7-5-18)30(26,27)24-9-11-28-12-10-24/h3-8,13,15H,2,9-12,14H2,1H3,(H,23,25). The first-order valence-corrected chi connectivity index (χ1v) is 11.4. The minimum absolute atomic E-state index is 0.175. The molecule has 1 aromatic heterocycles. The van der Waals surface area contributed by atoms with Crippen LogP contribution in [-0.2, 0) is 32.4 Å². The van der Waals surface area contributed by atoms with Gasteiger partial charge in [-0.2, -0.15) is 4.31 Å². The summed E-state index contributed by atoms with van der Waals surface area (Å²) in [4.78, 5) is 12.7. The normalized spacial score (nSPS) is 15.4. The molecule has 158 valence electrons. The van der Waals surface area contributed by atoms with Crippen molar-refractivity contribution in [1.82, 2.24) is 4.31 Å². The third-order valence-electron chi connectivity index (χ3n) is 5.22. The van der Waals surface area contributed by atoms with Gasteiger partial charge in [0.15, 0.2) is 0 Å². The number of hydrogen-bond acceptors (Lipinski definition) is 5. The number of furan rings is 1. The smallest absolute Gasteiger partial charge is 0.243 e. The van der Waals surface area contributed by atoms with Crippen LogP contribution in [0, 0.1) is 0 Å². The molecule has 2 heterocycles. The number of nitrogens with one attached hydrogen (secondary N) is 1. The van der Waals surface area contributed by atoms with E-state index in [9.17, 15) is 13.2 Å². The van der Waals surface area contributed by atoms with Gasteiger partial charge in [-0.15, -0.1) is 0 Å². The highest BCUT2D eigenvalue weighted by atomic mass is 32.2. The summed E-state index contributed by atoms with van der Waals surface area (Å²) in [6.45, 7) is 3.57. The fraction of sp³-hybridized carbons (Fsp3) is 0.318. The van der Waals surface area contributed by atoms with Crippen LogP contribution in [0.2, 0.25) is 0 Å². The summed E-state index contributed by atoms with van der Waals surface area (Å²) < 4.78 is 37.5. The molecule has 1 aliphatic rings. The van der Waals surface area contributed by atoms with E-state index < -0.39 is 10.0 Å². The van der Waals surface area contributed by atoms with Crippen LogP contribution in [0.4, 0.5) is 5.69 Å². The summed E-state index contributed by atoms with van der Waals surface area (Å²) in [5, 5.41) is 3.76. The second-order valence-electron chi connectivity index (χ2n) is 7.21. The third-order valence-corrected chi connectivity index (χ3v) is 7.14. The molecule has 0 aliphatic carbocycles. The predicted molar refractivity (Wildman–Crippen MR) is 114 cm³/mol.